The van der Waals surface area contributed by atoms with Crippen LogP contribution in [0.3, 0.4) is 0 Å². The van der Waals surface area contributed by atoms with Crippen LogP contribution in [0.2, 0.25) is 0 Å². The number of hydrogen-bond donors (Lipinski definition) is 1. The van der Waals surface area contributed by atoms with Gasteiger partial charge in [0.15, 0.2) is 0 Å². The van der Waals surface area contributed by atoms with E-state index in [0.717, 1.165) is 19.3 Å². The zero-order valence-electron chi connectivity index (χ0n) is 9.30. The summed E-state index contributed by atoms with van der Waals surface area (Å²) in [5, 5.41) is 9.35. The van der Waals surface area contributed by atoms with E-state index in [4.69, 9.17) is 0 Å². The smallest absolute Gasteiger partial charge is 0.0720 e. The maximum absolute atomic E-state index is 9.35. The third-order valence-corrected chi connectivity index (χ3v) is 1.99. The van der Waals surface area contributed by atoms with Gasteiger partial charge in [-0.25, -0.2) is 0 Å². The number of hydrogen-bond acceptors (Lipinski definition) is 1. The quantitative estimate of drug-likeness (QED) is 0.646. The van der Waals surface area contributed by atoms with E-state index in [-0.39, 0.29) is 6.10 Å². The second kappa shape index (κ2) is 6.90. The van der Waals surface area contributed by atoms with E-state index in [1.54, 1.807) is 0 Å². The molecule has 0 aromatic rings. The van der Waals surface area contributed by atoms with Gasteiger partial charge in [0, 0.05) is 0 Å². The molecule has 1 nitrogen and oxygen atoms in total. The van der Waals surface area contributed by atoms with Gasteiger partial charge in [0.2, 0.25) is 0 Å². The Bertz CT molecular complexity index is 185. The van der Waals surface area contributed by atoms with Crippen molar-refractivity contribution in [1.82, 2.24) is 0 Å². The predicted molar refractivity (Wildman–Crippen MR) is 58.7 cm³/mol. The van der Waals surface area contributed by atoms with E-state index in [1.165, 1.54) is 11.1 Å². The largest absolute Gasteiger partial charge is 0.389 e. The number of allylic oxidation sites excluding steroid dienone is 3. The fourth-order valence-electron chi connectivity index (χ4n) is 1.12. The van der Waals surface area contributed by atoms with Crippen molar-refractivity contribution in [2.45, 2.75) is 53.1 Å². The van der Waals surface area contributed by atoms with E-state index >= 15 is 0 Å². The monoisotopic (exact) mass is 182 g/mol. The third-order valence-electron chi connectivity index (χ3n) is 1.99. The van der Waals surface area contributed by atoms with Gasteiger partial charge >= 0.3 is 0 Å². The Hall–Kier alpha value is -0.560. The lowest BCUT2D eigenvalue weighted by molar-refractivity contribution is 0.218. The minimum atomic E-state index is -0.258. The summed E-state index contributed by atoms with van der Waals surface area (Å²) in [6.45, 7) is 8.29. The molecule has 0 bridgehead atoms. The summed E-state index contributed by atoms with van der Waals surface area (Å²) in [4.78, 5) is 0. The highest BCUT2D eigenvalue weighted by molar-refractivity contribution is 5.04. The van der Waals surface area contributed by atoms with E-state index in [0.29, 0.717) is 0 Å². The predicted octanol–water partition coefficient (Wildman–Crippen LogP) is 3.45. The van der Waals surface area contributed by atoms with Gasteiger partial charge in [-0.1, -0.05) is 30.2 Å². The first-order valence-corrected chi connectivity index (χ1v) is 5.05. The van der Waals surface area contributed by atoms with Crippen molar-refractivity contribution in [2.24, 2.45) is 0 Å². The molecule has 0 aliphatic rings. The van der Waals surface area contributed by atoms with Gasteiger partial charge in [-0.15, -0.1) is 0 Å². The highest BCUT2D eigenvalue weighted by Crippen LogP contribution is 2.08. The third kappa shape index (κ3) is 7.79. The molecule has 0 spiro atoms. The van der Waals surface area contributed by atoms with Crippen molar-refractivity contribution >= 4 is 0 Å². The van der Waals surface area contributed by atoms with Crippen molar-refractivity contribution in [1.29, 1.82) is 0 Å². The van der Waals surface area contributed by atoms with E-state index in [1.807, 2.05) is 13.0 Å². The molecule has 0 aliphatic heterocycles. The van der Waals surface area contributed by atoms with Crippen LogP contribution in [0, 0.1) is 0 Å². The molecule has 1 unspecified atom stereocenters. The van der Waals surface area contributed by atoms with Crippen LogP contribution in [0.1, 0.15) is 47.0 Å². The van der Waals surface area contributed by atoms with E-state index in [2.05, 4.69) is 26.8 Å². The van der Waals surface area contributed by atoms with Crippen molar-refractivity contribution in [2.75, 3.05) is 0 Å². The molecule has 76 valence electrons. The van der Waals surface area contributed by atoms with Gasteiger partial charge in [-0.2, -0.15) is 0 Å². The van der Waals surface area contributed by atoms with Crippen molar-refractivity contribution in [3.05, 3.63) is 23.3 Å². The summed E-state index contributed by atoms with van der Waals surface area (Å²) in [6.07, 6.45) is 6.88. The van der Waals surface area contributed by atoms with Gasteiger partial charge < -0.3 is 5.11 Å². The summed E-state index contributed by atoms with van der Waals surface area (Å²) < 4.78 is 0. The van der Waals surface area contributed by atoms with E-state index < -0.39 is 0 Å². The molecule has 0 aromatic carbocycles. The van der Waals surface area contributed by atoms with Crippen LogP contribution in [-0.2, 0) is 0 Å². The molecule has 0 aliphatic carbocycles. The summed E-state index contributed by atoms with van der Waals surface area (Å²) in [5.74, 6) is 0. The van der Waals surface area contributed by atoms with Gasteiger partial charge in [-0.05, 0) is 40.0 Å². The van der Waals surface area contributed by atoms with Gasteiger partial charge in [-0.3, -0.25) is 0 Å². The minimum Gasteiger partial charge on any atom is -0.389 e. The second-order valence-corrected chi connectivity index (χ2v) is 3.81. The molecule has 0 aromatic heterocycles. The Morgan fingerprint density at radius 1 is 1.31 bits per heavy atom. The highest BCUT2D eigenvalue weighted by Gasteiger charge is 1.96. The second-order valence-electron chi connectivity index (χ2n) is 3.81. The highest BCUT2D eigenvalue weighted by atomic mass is 16.3. The standard InChI is InChI=1S/C12H22O/c1-5-12(13)9-11(4)8-6-7-10(2)3/h7,9,12-13H,5-6,8H2,1-4H3/b11-9-. The maximum atomic E-state index is 9.35. The Kier molecular flexibility index (Phi) is 6.61. The first kappa shape index (κ1) is 12.4. The Balaban J connectivity index is 3.80. The Morgan fingerprint density at radius 3 is 2.38 bits per heavy atom. The zero-order valence-corrected chi connectivity index (χ0v) is 9.30. The number of aliphatic hydroxyl groups is 1. The van der Waals surface area contributed by atoms with Crippen LogP contribution in [0.5, 0.6) is 0 Å². The summed E-state index contributed by atoms with van der Waals surface area (Å²) in [5.41, 5.74) is 2.65. The summed E-state index contributed by atoms with van der Waals surface area (Å²) in [6, 6.07) is 0. The van der Waals surface area contributed by atoms with E-state index in [9.17, 15) is 5.11 Å². The van der Waals surface area contributed by atoms with Crippen LogP contribution >= 0.6 is 0 Å². The normalized spacial score (nSPS) is 14.1. The molecule has 0 saturated heterocycles. The maximum Gasteiger partial charge on any atom is 0.0720 e. The molecule has 0 rings (SSSR count). The fourth-order valence-corrected chi connectivity index (χ4v) is 1.12. The van der Waals surface area contributed by atoms with Crippen molar-refractivity contribution < 1.29 is 5.11 Å². The zero-order chi connectivity index (χ0) is 10.3. The van der Waals surface area contributed by atoms with Gasteiger partial charge in [0.25, 0.3) is 0 Å². The molecule has 1 atom stereocenters. The topological polar surface area (TPSA) is 20.2 Å². The average molecular weight is 182 g/mol. The van der Waals surface area contributed by atoms with Crippen molar-refractivity contribution in [3.63, 3.8) is 0 Å². The molecule has 13 heavy (non-hydrogen) atoms. The molecule has 0 saturated carbocycles. The van der Waals surface area contributed by atoms with Crippen LogP contribution < -0.4 is 0 Å². The van der Waals surface area contributed by atoms with Crippen LogP contribution in [0.4, 0.5) is 0 Å². The first-order chi connectivity index (χ1) is 6.06. The Labute approximate surface area is 82.2 Å². The lowest BCUT2D eigenvalue weighted by Crippen LogP contribution is -1.99. The summed E-state index contributed by atoms with van der Waals surface area (Å²) in [7, 11) is 0. The lowest BCUT2D eigenvalue weighted by Gasteiger charge is -2.03. The van der Waals surface area contributed by atoms with Crippen LogP contribution in [0.15, 0.2) is 23.3 Å². The van der Waals surface area contributed by atoms with Gasteiger partial charge in [0.05, 0.1) is 6.10 Å². The van der Waals surface area contributed by atoms with Crippen LogP contribution in [0.25, 0.3) is 0 Å². The first-order valence-electron chi connectivity index (χ1n) is 5.05. The molecular formula is C12H22O. The van der Waals surface area contributed by atoms with Gasteiger partial charge in [0.1, 0.15) is 0 Å². The molecule has 0 amide bonds. The average Bonchev–Trinajstić information content (AvgIpc) is 2.03. The molecule has 0 fully saturated rings. The minimum absolute atomic E-state index is 0.258. The summed E-state index contributed by atoms with van der Waals surface area (Å²) >= 11 is 0. The number of aliphatic hydroxyl groups excluding tert-OH is 1. The Morgan fingerprint density at radius 2 is 1.92 bits per heavy atom. The SMILES string of the molecule is CCC(O)/C=C(/C)CCC=C(C)C. The molecular weight excluding hydrogens is 160 g/mol. The van der Waals surface area contributed by atoms with Crippen LogP contribution in [-0.4, -0.2) is 11.2 Å². The molecule has 1 heteroatoms. The fraction of sp³-hybridized carbons (Fsp3) is 0.667. The lowest BCUT2D eigenvalue weighted by atomic mass is 10.1. The molecule has 0 radical (unpaired) electrons. The molecule has 1 N–H and O–H groups in total. The van der Waals surface area contributed by atoms with Crippen molar-refractivity contribution in [3.8, 4) is 0 Å². The molecule has 0 heterocycles. The number of rotatable bonds is 5.